The summed E-state index contributed by atoms with van der Waals surface area (Å²) in [5.41, 5.74) is 6.31. The SMILES string of the molecule is [2H]c1c([2H])c(-n2c3c([2H])c([2H])c([2H])c([2H])c3c3c([2H])c([2H])c([2H])c([2H])c32)c([2H])c2c1B1c3c(cc(C(C)(C)C)cc3N(c3c(-c4cccc(C(C)(C)C)c4)cc(-c4ccc([N+]#[C-])cc4)cc3-c3cccc(C(C)(C)C)c3)c3c([2H])c(-n4c5c([2H])c([2H])c([2H])c([2H])c5c5c([2H])c([2H])c([2H])c([2H])c54)c([2H])c([2H])c31)N2c1c(-c2cccc(C(C)(C)C)c2)cc(-c2ccc(C#N)cc2)cc1-c1cccc(C(C)(C)C)c1. The third-order valence-electron chi connectivity index (χ3n) is 23.4. The number of benzene rings is 15. The van der Waals surface area contributed by atoms with Gasteiger partial charge in [0.15, 0.2) is 5.69 Å². The van der Waals surface area contributed by atoms with Crippen LogP contribution in [0.1, 0.15) is 167 Å². The Hall–Kier alpha value is -13.5. The maximum Gasteiger partial charge on any atom is 0.252 e. The minimum Gasteiger partial charge on any atom is -0.310 e. The molecule has 15 aromatic carbocycles. The smallest absolute Gasteiger partial charge is 0.252 e. The van der Waals surface area contributed by atoms with Crippen molar-refractivity contribution in [3.8, 4) is 84.2 Å². The highest BCUT2D eigenvalue weighted by Crippen LogP contribution is 2.57. The molecule has 0 fully saturated rings. The van der Waals surface area contributed by atoms with E-state index in [9.17, 15) is 35.4 Å². The number of fused-ring (bicyclic) bond motifs is 10. The molecule has 0 saturated heterocycles. The molecule has 0 bridgehead atoms. The van der Waals surface area contributed by atoms with Crippen molar-refractivity contribution in [3.63, 3.8) is 0 Å². The number of hydrogen-bond acceptors (Lipinski definition) is 3. The normalized spacial score (nSPS) is 15.5. The maximum absolute atomic E-state index is 12.1. The number of rotatable bonds is 10. The van der Waals surface area contributed by atoms with Gasteiger partial charge in [0.05, 0.1) is 81.8 Å². The Morgan fingerprint density at radius 1 is 0.328 bits per heavy atom. The van der Waals surface area contributed by atoms with Crippen molar-refractivity contribution in [2.45, 2.75) is 131 Å². The fourth-order valence-electron chi connectivity index (χ4n) is 17.0. The number of aromatic nitrogens is 2. The van der Waals surface area contributed by atoms with Gasteiger partial charge in [-0.25, -0.2) is 4.85 Å². The molecule has 0 radical (unpaired) electrons. The molecular formula is C112H97BN6. The molecule has 578 valence electrons. The molecule has 119 heavy (non-hydrogen) atoms. The maximum atomic E-state index is 12.1. The fourth-order valence-corrected chi connectivity index (χ4v) is 17.0. The van der Waals surface area contributed by atoms with Crippen molar-refractivity contribution in [1.82, 2.24) is 9.13 Å². The molecule has 2 aromatic heterocycles. The van der Waals surface area contributed by atoms with E-state index in [0.29, 0.717) is 95.0 Å². The Kier molecular flexibility index (Phi) is 12.9. The standard InChI is InChI=1S/C112H97BN6/c1-108(2,3)79-33-25-29-73(57-79)91-61-77(71-47-45-70(69-114)46-48-71)62-92(74-30-26-34-80(58-74)109(4,5)6)106(91)118-101-67-85(116-97-41-21-17-37-87(97)88-38-18-22-42-98(88)116)53-55-95(101)113-96-56-54-86(117-99-43-23-19-39-89(99)90-40-20-24-44-100(90)117)68-102(96)119(104-66-83(112(13,14)15)65-103(118)105(104)113)107-93(75-31-27-35-81(59-75)110(7,8)9)63-78(72-49-51-84(115-16)52-50-72)64-94(107)76-32-28-36-82(60-76)111(10,11)12/h17-68H,1-15H3/i17D,18D,19D,20D,21D,22D,23D,24D,37D,38D,39D,40D,41D,42D,43D,44D,53D,54D,55D,56D,67D,68D. The van der Waals surface area contributed by atoms with E-state index in [1.54, 1.807) is 24.3 Å². The molecule has 17 aromatic rings. The van der Waals surface area contributed by atoms with Crippen LogP contribution in [-0.4, -0.2) is 15.8 Å². The van der Waals surface area contributed by atoms with E-state index in [1.165, 1.54) is 0 Å². The summed E-state index contributed by atoms with van der Waals surface area (Å²) in [5, 5.41) is 8.93. The van der Waals surface area contributed by atoms with Crippen LogP contribution in [0.25, 0.3) is 127 Å². The third kappa shape index (κ3) is 13.0. The van der Waals surface area contributed by atoms with Crippen LogP contribution >= 0.6 is 0 Å². The molecule has 2 aliphatic rings. The lowest BCUT2D eigenvalue weighted by Crippen LogP contribution is -2.61. The van der Waals surface area contributed by atoms with Crippen LogP contribution in [0, 0.1) is 17.9 Å². The molecule has 0 N–H and O–H groups in total. The summed E-state index contributed by atoms with van der Waals surface area (Å²) in [7, 11) is 0. The van der Waals surface area contributed by atoms with Crippen LogP contribution < -0.4 is 26.2 Å². The minimum absolute atomic E-state index is 0.216. The van der Waals surface area contributed by atoms with E-state index < -0.39 is 200 Å². The van der Waals surface area contributed by atoms with Gasteiger partial charge in [0, 0.05) is 77.9 Å². The van der Waals surface area contributed by atoms with E-state index in [1.807, 2.05) is 164 Å². The van der Waals surface area contributed by atoms with Gasteiger partial charge >= 0.3 is 0 Å². The van der Waals surface area contributed by atoms with Gasteiger partial charge < -0.3 is 18.9 Å². The largest absolute Gasteiger partial charge is 0.310 e. The molecule has 0 amide bonds. The second-order valence-corrected chi connectivity index (χ2v) is 36.3. The Morgan fingerprint density at radius 3 is 0.941 bits per heavy atom. The van der Waals surface area contributed by atoms with Crippen LogP contribution in [0.5, 0.6) is 0 Å². The quantitative estimate of drug-likeness (QED) is 0.101. The first kappa shape index (κ1) is 54.5. The second-order valence-electron chi connectivity index (χ2n) is 36.3. The van der Waals surface area contributed by atoms with Crippen molar-refractivity contribution < 1.29 is 30.2 Å². The number of anilines is 6. The lowest BCUT2D eigenvalue weighted by molar-refractivity contribution is 0.590. The zero-order valence-electron chi connectivity index (χ0n) is 91.1. The summed E-state index contributed by atoms with van der Waals surface area (Å²) >= 11 is 0. The van der Waals surface area contributed by atoms with E-state index in [4.69, 9.17) is 6.57 Å². The summed E-state index contributed by atoms with van der Waals surface area (Å²) in [6.07, 6.45) is 0. The zero-order chi connectivity index (χ0) is 102. The number of nitriles is 1. The summed E-state index contributed by atoms with van der Waals surface area (Å²) in [6.45, 7) is 37.6. The van der Waals surface area contributed by atoms with Crippen LogP contribution in [-0.2, 0) is 27.1 Å². The van der Waals surface area contributed by atoms with Crippen LogP contribution in [0.15, 0.2) is 315 Å². The Morgan fingerprint density at radius 2 is 0.639 bits per heavy atom. The molecular weight excluding hydrogens is 1440 g/mol. The molecule has 0 unspecified atom stereocenters. The Labute approximate surface area is 732 Å². The van der Waals surface area contributed by atoms with Gasteiger partial charge in [0.1, 0.15) is 0 Å². The summed E-state index contributed by atoms with van der Waals surface area (Å²) in [4.78, 5) is 7.59. The summed E-state index contributed by atoms with van der Waals surface area (Å²) < 4.78 is 227. The highest BCUT2D eigenvalue weighted by Gasteiger charge is 2.47. The van der Waals surface area contributed by atoms with Gasteiger partial charge in [0.25, 0.3) is 6.71 Å². The van der Waals surface area contributed by atoms with Gasteiger partial charge in [-0.1, -0.05) is 322 Å². The molecule has 0 spiro atoms. The number of para-hydroxylation sites is 4. The number of hydrogen-bond donors (Lipinski definition) is 0. The van der Waals surface area contributed by atoms with Gasteiger partial charge in [-0.15, -0.1) is 0 Å². The molecule has 4 heterocycles. The number of nitrogens with zero attached hydrogens (tertiary/aromatic N) is 6. The Bertz CT molecular complexity index is 7710. The minimum atomic E-state index is -1.76. The lowest BCUT2D eigenvalue weighted by atomic mass is 9.33. The molecule has 0 atom stereocenters. The molecule has 0 aliphatic carbocycles. The monoisotopic (exact) mass is 1560 g/mol. The first-order chi connectivity index (χ1) is 66.2. The van der Waals surface area contributed by atoms with Crippen molar-refractivity contribution in [1.29, 1.82) is 5.26 Å². The van der Waals surface area contributed by atoms with Crippen LogP contribution in [0.4, 0.5) is 39.8 Å². The van der Waals surface area contributed by atoms with Gasteiger partial charge in [0.2, 0.25) is 0 Å². The van der Waals surface area contributed by atoms with Crippen molar-refractivity contribution in [3.05, 3.63) is 360 Å². The molecule has 0 saturated carbocycles. The lowest BCUT2D eigenvalue weighted by Gasteiger charge is -2.46. The predicted octanol–water partition coefficient (Wildman–Crippen LogP) is 28.9. The van der Waals surface area contributed by atoms with Crippen molar-refractivity contribution in [2.75, 3.05) is 9.80 Å². The second kappa shape index (κ2) is 28.2. The van der Waals surface area contributed by atoms with Crippen LogP contribution in [0.2, 0.25) is 0 Å². The fraction of sp³-hybridized carbons (Fsp3) is 0.179. The topological polar surface area (TPSA) is 44.5 Å². The van der Waals surface area contributed by atoms with E-state index in [0.717, 1.165) is 31.4 Å². The highest BCUT2D eigenvalue weighted by molar-refractivity contribution is 7.00. The molecule has 2 aliphatic heterocycles. The van der Waals surface area contributed by atoms with Gasteiger partial charge in [-0.2, -0.15) is 5.26 Å². The first-order valence-corrected chi connectivity index (χ1v) is 40.1. The van der Waals surface area contributed by atoms with Crippen molar-refractivity contribution in [2.24, 2.45) is 0 Å². The zero-order valence-corrected chi connectivity index (χ0v) is 69.1. The molecule has 19 rings (SSSR count). The average molecular weight is 1560 g/mol. The third-order valence-corrected chi connectivity index (χ3v) is 23.4. The summed E-state index contributed by atoms with van der Waals surface area (Å²) in [6, 6.07) is 44.4. The predicted molar refractivity (Wildman–Crippen MR) is 506 cm³/mol. The van der Waals surface area contributed by atoms with E-state index in [-0.39, 0.29) is 60.7 Å². The average Bonchev–Trinajstić information content (AvgIpc) is 0.899. The van der Waals surface area contributed by atoms with Crippen LogP contribution in [0.3, 0.4) is 0 Å². The molecule has 7 heteroatoms. The van der Waals surface area contributed by atoms with Crippen molar-refractivity contribution >= 4 is 107 Å². The summed E-state index contributed by atoms with van der Waals surface area (Å²) in [5.74, 6) is 0. The van der Waals surface area contributed by atoms with E-state index in [2.05, 4.69) is 118 Å². The van der Waals surface area contributed by atoms with E-state index >= 15 is 0 Å². The Balaban J connectivity index is 1.12. The molecule has 6 nitrogen and oxygen atoms in total. The first-order valence-electron chi connectivity index (χ1n) is 51.1. The highest BCUT2D eigenvalue weighted by atomic mass is 15.2. The van der Waals surface area contributed by atoms with Gasteiger partial charge in [-0.05, 0) is 213 Å². The van der Waals surface area contributed by atoms with Gasteiger partial charge in [-0.3, -0.25) is 0 Å².